The van der Waals surface area contributed by atoms with Crippen LogP contribution in [-0.2, 0) is 9.53 Å². The van der Waals surface area contributed by atoms with Crippen molar-refractivity contribution in [1.29, 1.82) is 0 Å². The zero-order valence-corrected chi connectivity index (χ0v) is 15.5. The molecule has 28 heavy (non-hydrogen) atoms. The fraction of sp³-hybridized carbons (Fsp3) is 0.300. The van der Waals surface area contributed by atoms with Crippen molar-refractivity contribution in [2.24, 2.45) is 0 Å². The molecule has 2 aromatic rings. The summed E-state index contributed by atoms with van der Waals surface area (Å²) in [5.41, 5.74) is 0.304. The molecule has 150 valence electrons. The van der Waals surface area contributed by atoms with E-state index in [1.165, 1.54) is 37.3 Å². The summed E-state index contributed by atoms with van der Waals surface area (Å²) in [7, 11) is 0. The lowest BCUT2D eigenvalue weighted by molar-refractivity contribution is -0.123. The van der Waals surface area contributed by atoms with E-state index in [-0.39, 0.29) is 17.0 Å². The summed E-state index contributed by atoms with van der Waals surface area (Å²) in [5.74, 6) is -0.935. The molecule has 0 saturated carbocycles. The lowest BCUT2D eigenvalue weighted by Gasteiger charge is -2.16. The van der Waals surface area contributed by atoms with Gasteiger partial charge in [0.15, 0.2) is 6.10 Å². The molecule has 0 aromatic heterocycles. The molecule has 6 nitrogen and oxygen atoms in total. The largest absolute Gasteiger partial charge is 0.494 e. The summed E-state index contributed by atoms with van der Waals surface area (Å²) in [6.45, 7) is 0.897. The van der Waals surface area contributed by atoms with E-state index >= 15 is 0 Å². The molecular formula is C20H21F2NO5. The first-order chi connectivity index (χ1) is 13.4. The average molecular weight is 393 g/mol. The maximum atomic E-state index is 12.4. The van der Waals surface area contributed by atoms with Crippen LogP contribution in [0, 0.1) is 0 Å². The number of nitrogens with one attached hydrogen (secondary N) is 1. The van der Waals surface area contributed by atoms with Gasteiger partial charge in [0.2, 0.25) is 0 Å². The monoisotopic (exact) mass is 393 g/mol. The minimum absolute atomic E-state index is 0.0492. The Hall–Kier alpha value is -3.16. The quantitative estimate of drug-likeness (QED) is 0.645. The minimum Gasteiger partial charge on any atom is -0.494 e. The Labute approximate surface area is 161 Å². The van der Waals surface area contributed by atoms with Crippen LogP contribution < -0.4 is 14.8 Å². The number of ether oxygens (including phenoxy) is 3. The fourth-order valence-electron chi connectivity index (χ4n) is 2.19. The summed E-state index contributed by atoms with van der Waals surface area (Å²) in [6.07, 6.45) is -0.287. The fourth-order valence-corrected chi connectivity index (χ4v) is 2.19. The highest BCUT2D eigenvalue weighted by molar-refractivity contribution is 5.98. The molecule has 8 heteroatoms. The van der Waals surface area contributed by atoms with Crippen molar-refractivity contribution in [3.05, 3.63) is 54.1 Å². The molecular weight excluding hydrogens is 372 g/mol. The molecule has 1 N–H and O–H groups in total. The summed E-state index contributed by atoms with van der Waals surface area (Å²) in [4.78, 5) is 24.4. The number of anilines is 1. The molecule has 1 amide bonds. The van der Waals surface area contributed by atoms with Crippen LogP contribution >= 0.6 is 0 Å². The van der Waals surface area contributed by atoms with Gasteiger partial charge in [-0.25, -0.2) is 4.79 Å². The normalized spacial score (nSPS) is 11.6. The number of rotatable bonds is 9. The Bertz CT molecular complexity index is 795. The van der Waals surface area contributed by atoms with Gasteiger partial charge in [0.1, 0.15) is 11.5 Å². The van der Waals surface area contributed by atoms with Crippen LogP contribution in [0.3, 0.4) is 0 Å². The first-order valence-corrected chi connectivity index (χ1v) is 8.69. The summed E-state index contributed by atoms with van der Waals surface area (Å²) in [6, 6.07) is 12.1. The number of alkyl halides is 2. The van der Waals surface area contributed by atoms with Crippen molar-refractivity contribution in [2.75, 3.05) is 11.9 Å². The maximum absolute atomic E-state index is 12.4. The molecule has 0 radical (unpaired) electrons. The molecule has 0 spiro atoms. The number of carbonyl (C=O) groups excluding carboxylic acids is 2. The van der Waals surface area contributed by atoms with Crippen LogP contribution in [0.4, 0.5) is 14.5 Å². The number of carbonyl (C=O) groups is 2. The molecule has 0 unspecified atom stereocenters. The van der Waals surface area contributed by atoms with E-state index in [1.807, 2.05) is 6.92 Å². The topological polar surface area (TPSA) is 73.9 Å². The van der Waals surface area contributed by atoms with Crippen LogP contribution in [-0.4, -0.2) is 31.2 Å². The van der Waals surface area contributed by atoms with Gasteiger partial charge in [-0.05, 0) is 49.7 Å². The standard InChI is InChI=1S/C20H21F2NO5/c1-3-12-26-15-10-8-14(9-11-15)19(25)27-13(2)18(24)23-16-6-4-5-7-17(16)28-20(21)22/h4-11,13,20H,3,12H2,1-2H3,(H,23,24)/t13-/m0/s1. The number of para-hydroxylation sites is 2. The van der Waals surface area contributed by atoms with Crippen LogP contribution in [0.15, 0.2) is 48.5 Å². The van der Waals surface area contributed by atoms with Gasteiger partial charge in [-0.1, -0.05) is 19.1 Å². The highest BCUT2D eigenvalue weighted by Crippen LogP contribution is 2.25. The predicted molar refractivity (Wildman–Crippen MR) is 98.8 cm³/mol. The Morgan fingerprint density at radius 3 is 2.39 bits per heavy atom. The molecule has 0 saturated heterocycles. The van der Waals surface area contributed by atoms with Gasteiger partial charge in [0.05, 0.1) is 17.9 Å². The number of amides is 1. The molecule has 1 atom stereocenters. The Kier molecular flexibility index (Phi) is 7.74. The summed E-state index contributed by atoms with van der Waals surface area (Å²) < 4.78 is 39.8. The van der Waals surface area contributed by atoms with Crippen LogP contribution in [0.2, 0.25) is 0 Å². The van der Waals surface area contributed by atoms with Gasteiger partial charge in [0, 0.05) is 0 Å². The molecule has 0 aliphatic rings. The number of hydrogen-bond acceptors (Lipinski definition) is 5. The minimum atomic E-state index is -3.03. The molecule has 2 aromatic carbocycles. The van der Waals surface area contributed by atoms with E-state index in [1.54, 1.807) is 18.2 Å². The predicted octanol–water partition coefficient (Wildman–Crippen LogP) is 4.26. The van der Waals surface area contributed by atoms with Crippen LogP contribution in [0.25, 0.3) is 0 Å². The third-order valence-corrected chi connectivity index (χ3v) is 3.58. The third-order valence-electron chi connectivity index (χ3n) is 3.58. The van der Waals surface area contributed by atoms with Crippen LogP contribution in [0.1, 0.15) is 30.6 Å². The number of halogens is 2. The van der Waals surface area contributed by atoms with Gasteiger partial charge < -0.3 is 19.5 Å². The number of benzene rings is 2. The van der Waals surface area contributed by atoms with Crippen molar-refractivity contribution in [2.45, 2.75) is 33.0 Å². The Morgan fingerprint density at radius 1 is 1.07 bits per heavy atom. The molecule has 2 rings (SSSR count). The maximum Gasteiger partial charge on any atom is 0.387 e. The van der Waals surface area contributed by atoms with E-state index in [0.29, 0.717) is 12.4 Å². The van der Waals surface area contributed by atoms with Gasteiger partial charge in [0.25, 0.3) is 5.91 Å². The van der Waals surface area contributed by atoms with E-state index in [9.17, 15) is 18.4 Å². The van der Waals surface area contributed by atoms with Crippen LogP contribution in [0.5, 0.6) is 11.5 Å². The second-order valence-electron chi connectivity index (χ2n) is 5.78. The average Bonchev–Trinajstić information content (AvgIpc) is 2.67. The molecule has 0 aliphatic carbocycles. The van der Waals surface area contributed by atoms with E-state index in [0.717, 1.165) is 6.42 Å². The lowest BCUT2D eigenvalue weighted by atomic mass is 10.2. The summed E-state index contributed by atoms with van der Waals surface area (Å²) >= 11 is 0. The Morgan fingerprint density at radius 2 is 1.75 bits per heavy atom. The van der Waals surface area contributed by atoms with Gasteiger partial charge >= 0.3 is 12.6 Å². The van der Waals surface area contributed by atoms with Crippen molar-refractivity contribution in [3.8, 4) is 11.5 Å². The number of hydrogen-bond donors (Lipinski definition) is 1. The van der Waals surface area contributed by atoms with E-state index in [2.05, 4.69) is 10.1 Å². The van der Waals surface area contributed by atoms with E-state index < -0.39 is 24.6 Å². The van der Waals surface area contributed by atoms with Crippen molar-refractivity contribution in [1.82, 2.24) is 0 Å². The highest BCUT2D eigenvalue weighted by Gasteiger charge is 2.21. The Balaban J connectivity index is 1.96. The zero-order valence-electron chi connectivity index (χ0n) is 15.5. The van der Waals surface area contributed by atoms with Gasteiger partial charge in [-0.15, -0.1) is 0 Å². The molecule has 0 bridgehead atoms. The highest BCUT2D eigenvalue weighted by atomic mass is 19.3. The number of esters is 1. The molecule has 0 fully saturated rings. The summed E-state index contributed by atoms with van der Waals surface area (Å²) in [5, 5.41) is 2.41. The second kappa shape index (κ2) is 10.2. The van der Waals surface area contributed by atoms with Gasteiger partial charge in [-0.2, -0.15) is 8.78 Å². The third kappa shape index (κ3) is 6.22. The first-order valence-electron chi connectivity index (χ1n) is 8.69. The first kappa shape index (κ1) is 21.1. The SMILES string of the molecule is CCCOc1ccc(C(=O)O[C@@H](C)C(=O)Nc2ccccc2OC(F)F)cc1. The van der Waals surface area contributed by atoms with Crippen molar-refractivity contribution < 1.29 is 32.6 Å². The van der Waals surface area contributed by atoms with E-state index in [4.69, 9.17) is 9.47 Å². The van der Waals surface area contributed by atoms with Gasteiger partial charge in [-0.3, -0.25) is 4.79 Å². The molecule has 0 aliphatic heterocycles. The van der Waals surface area contributed by atoms with Crippen molar-refractivity contribution in [3.63, 3.8) is 0 Å². The van der Waals surface area contributed by atoms with Crippen molar-refractivity contribution >= 4 is 17.6 Å². The zero-order chi connectivity index (χ0) is 20.5. The lowest BCUT2D eigenvalue weighted by Crippen LogP contribution is -2.30. The second-order valence-corrected chi connectivity index (χ2v) is 5.78. The smallest absolute Gasteiger partial charge is 0.387 e. The molecule has 0 heterocycles.